The highest BCUT2D eigenvalue weighted by Crippen LogP contribution is 2.25. The fourth-order valence-corrected chi connectivity index (χ4v) is 2.10. The van der Waals surface area contributed by atoms with Gasteiger partial charge in [0, 0.05) is 25.4 Å². The van der Waals surface area contributed by atoms with Crippen LogP contribution in [0.3, 0.4) is 0 Å². The van der Waals surface area contributed by atoms with Crippen LogP contribution in [0.4, 0.5) is 0 Å². The molecule has 0 aromatic carbocycles. The largest absolute Gasteiger partial charge is 0.481 e. The predicted molar refractivity (Wildman–Crippen MR) is 57.8 cm³/mol. The monoisotopic (exact) mass is 226 g/mol. The molecule has 1 unspecified atom stereocenters. The smallest absolute Gasteiger partial charge is 0.306 e. The normalized spacial score (nSPS) is 23.4. The second-order valence-electron chi connectivity index (χ2n) is 4.91. The number of rotatable bonds is 4. The van der Waals surface area contributed by atoms with Crippen LogP contribution in [0.2, 0.25) is 0 Å². The number of carbonyl (C=O) groups excluding carboxylic acids is 1. The van der Waals surface area contributed by atoms with Gasteiger partial charge in [0.15, 0.2) is 0 Å². The molecule has 16 heavy (non-hydrogen) atoms. The lowest BCUT2D eigenvalue weighted by molar-refractivity contribution is -0.151. The Labute approximate surface area is 94.8 Å². The number of likely N-dealkylation sites (tertiary alicyclic amines) is 1. The summed E-state index contributed by atoms with van der Waals surface area (Å²) in [7, 11) is 0. The molecule has 0 aromatic rings. The van der Waals surface area contributed by atoms with Gasteiger partial charge in [0.2, 0.25) is 5.91 Å². The van der Waals surface area contributed by atoms with E-state index in [9.17, 15) is 9.59 Å². The topological polar surface area (TPSA) is 69.6 Å². The molecule has 0 spiro atoms. The third-order valence-electron chi connectivity index (χ3n) is 3.69. The van der Waals surface area contributed by atoms with Crippen LogP contribution in [0.1, 0.15) is 13.3 Å². The molecule has 2 aliphatic heterocycles. The van der Waals surface area contributed by atoms with Crippen molar-refractivity contribution in [3.05, 3.63) is 0 Å². The van der Waals surface area contributed by atoms with Gasteiger partial charge in [0.05, 0.1) is 5.92 Å². The van der Waals surface area contributed by atoms with E-state index in [0.29, 0.717) is 25.4 Å². The van der Waals surface area contributed by atoms with Crippen LogP contribution in [0.5, 0.6) is 0 Å². The van der Waals surface area contributed by atoms with Crippen LogP contribution in [0.15, 0.2) is 0 Å². The number of amides is 1. The van der Waals surface area contributed by atoms with Crippen LogP contribution < -0.4 is 5.32 Å². The molecule has 0 radical (unpaired) electrons. The summed E-state index contributed by atoms with van der Waals surface area (Å²) in [6.07, 6.45) is 0.612. The molecular weight excluding hydrogens is 208 g/mol. The molecule has 2 N–H and O–H groups in total. The van der Waals surface area contributed by atoms with Gasteiger partial charge in [-0.3, -0.25) is 9.59 Å². The maximum absolute atomic E-state index is 11.7. The van der Waals surface area contributed by atoms with E-state index in [1.807, 2.05) is 0 Å². The third-order valence-corrected chi connectivity index (χ3v) is 3.69. The van der Waals surface area contributed by atoms with E-state index in [2.05, 4.69) is 5.32 Å². The van der Waals surface area contributed by atoms with Gasteiger partial charge in [-0.25, -0.2) is 0 Å². The van der Waals surface area contributed by atoms with Crippen molar-refractivity contribution < 1.29 is 14.7 Å². The minimum atomic E-state index is -0.764. The molecule has 5 nitrogen and oxygen atoms in total. The first-order valence-corrected chi connectivity index (χ1v) is 5.79. The maximum atomic E-state index is 11.7. The van der Waals surface area contributed by atoms with Gasteiger partial charge in [0.25, 0.3) is 0 Å². The van der Waals surface area contributed by atoms with Gasteiger partial charge >= 0.3 is 5.97 Å². The first-order valence-electron chi connectivity index (χ1n) is 5.79. The quantitative estimate of drug-likeness (QED) is 0.695. The second kappa shape index (κ2) is 4.41. The Bertz CT molecular complexity index is 296. The highest BCUT2D eigenvalue weighted by atomic mass is 16.4. The van der Waals surface area contributed by atoms with Crippen LogP contribution in [0, 0.1) is 17.8 Å². The Kier molecular flexibility index (Phi) is 3.14. The highest BCUT2D eigenvalue weighted by Gasteiger charge is 2.37. The zero-order chi connectivity index (χ0) is 11.7. The minimum Gasteiger partial charge on any atom is -0.481 e. The molecule has 0 aliphatic carbocycles. The zero-order valence-electron chi connectivity index (χ0n) is 9.48. The number of nitrogens with zero attached hydrogens (tertiary/aromatic N) is 1. The van der Waals surface area contributed by atoms with Crippen LogP contribution in [-0.2, 0) is 9.59 Å². The summed E-state index contributed by atoms with van der Waals surface area (Å²) < 4.78 is 0. The Hall–Kier alpha value is -1.10. The van der Waals surface area contributed by atoms with Crippen LogP contribution in [0.25, 0.3) is 0 Å². The van der Waals surface area contributed by atoms with Crippen molar-refractivity contribution in [3.8, 4) is 0 Å². The van der Waals surface area contributed by atoms with Crippen molar-refractivity contribution in [1.82, 2.24) is 10.2 Å². The molecule has 2 heterocycles. The van der Waals surface area contributed by atoms with Crippen molar-refractivity contribution in [2.45, 2.75) is 13.3 Å². The van der Waals surface area contributed by atoms with E-state index >= 15 is 0 Å². The summed E-state index contributed by atoms with van der Waals surface area (Å²) in [6, 6.07) is 0. The number of carboxylic acids is 1. The molecule has 2 saturated heterocycles. The number of hydrogen-bond donors (Lipinski definition) is 2. The molecule has 90 valence electrons. The van der Waals surface area contributed by atoms with Gasteiger partial charge < -0.3 is 15.3 Å². The van der Waals surface area contributed by atoms with Crippen molar-refractivity contribution in [2.24, 2.45) is 17.8 Å². The van der Waals surface area contributed by atoms with E-state index < -0.39 is 5.97 Å². The number of nitrogens with one attached hydrogen (secondary N) is 1. The summed E-state index contributed by atoms with van der Waals surface area (Å²) >= 11 is 0. The Balaban J connectivity index is 1.70. The Morgan fingerprint density at radius 2 is 2.06 bits per heavy atom. The highest BCUT2D eigenvalue weighted by molar-refractivity contribution is 5.78. The summed E-state index contributed by atoms with van der Waals surface area (Å²) in [6.45, 7) is 4.83. The fraction of sp³-hybridized carbons (Fsp3) is 0.818. The first-order chi connectivity index (χ1) is 7.58. The lowest BCUT2D eigenvalue weighted by atomic mass is 9.86. The van der Waals surface area contributed by atoms with Gasteiger partial charge in [-0.15, -0.1) is 0 Å². The van der Waals surface area contributed by atoms with E-state index in [-0.39, 0.29) is 17.7 Å². The van der Waals surface area contributed by atoms with Crippen LogP contribution >= 0.6 is 0 Å². The summed E-state index contributed by atoms with van der Waals surface area (Å²) in [5, 5.41) is 12.0. The van der Waals surface area contributed by atoms with E-state index in [1.165, 1.54) is 0 Å². The van der Waals surface area contributed by atoms with E-state index in [4.69, 9.17) is 5.11 Å². The molecule has 0 aromatic heterocycles. The standard InChI is InChI=1S/C11H18N2O3/c1-7(11(15)16)9-5-13(6-9)10(14)2-8-3-12-4-8/h7-9,12H,2-6H2,1H3,(H,15,16). The average Bonchev–Trinajstić information content (AvgIpc) is 2.08. The van der Waals surface area contributed by atoms with Gasteiger partial charge in [-0.1, -0.05) is 6.92 Å². The molecule has 2 aliphatic rings. The third kappa shape index (κ3) is 2.19. The molecule has 2 rings (SSSR count). The molecule has 0 bridgehead atoms. The maximum Gasteiger partial charge on any atom is 0.306 e. The van der Waals surface area contributed by atoms with E-state index in [1.54, 1.807) is 11.8 Å². The lowest BCUT2D eigenvalue weighted by Gasteiger charge is -2.42. The number of carboxylic acid groups (broad SMARTS) is 1. The van der Waals surface area contributed by atoms with Crippen molar-refractivity contribution in [3.63, 3.8) is 0 Å². The summed E-state index contributed by atoms with van der Waals surface area (Å²) in [4.78, 5) is 24.2. The minimum absolute atomic E-state index is 0.140. The molecular formula is C11H18N2O3. The SMILES string of the molecule is CC(C(=O)O)C1CN(C(=O)CC2CNC2)C1. The van der Waals surface area contributed by atoms with Gasteiger partial charge in [0.1, 0.15) is 0 Å². The van der Waals surface area contributed by atoms with Gasteiger partial charge in [-0.2, -0.15) is 0 Å². The molecule has 1 amide bonds. The number of aliphatic carboxylic acids is 1. The molecule has 5 heteroatoms. The number of carbonyl (C=O) groups is 2. The molecule has 0 saturated carbocycles. The Morgan fingerprint density at radius 3 is 2.50 bits per heavy atom. The zero-order valence-corrected chi connectivity index (χ0v) is 9.48. The lowest BCUT2D eigenvalue weighted by Crippen LogP contribution is -2.55. The molecule has 2 fully saturated rings. The molecule has 1 atom stereocenters. The Morgan fingerprint density at radius 1 is 1.44 bits per heavy atom. The fourth-order valence-electron chi connectivity index (χ4n) is 2.10. The second-order valence-corrected chi connectivity index (χ2v) is 4.91. The van der Waals surface area contributed by atoms with Crippen molar-refractivity contribution in [2.75, 3.05) is 26.2 Å². The predicted octanol–water partition coefficient (Wildman–Crippen LogP) is -0.225. The van der Waals surface area contributed by atoms with Crippen molar-refractivity contribution >= 4 is 11.9 Å². The average molecular weight is 226 g/mol. The van der Waals surface area contributed by atoms with Gasteiger partial charge in [-0.05, 0) is 19.0 Å². The summed E-state index contributed by atoms with van der Waals surface area (Å²) in [5.74, 6) is -0.292. The number of hydrogen-bond acceptors (Lipinski definition) is 3. The summed E-state index contributed by atoms with van der Waals surface area (Å²) in [5.41, 5.74) is 0. The van der Waals surface area contributed by atoms with E-state index in [0.717, 1.165) is 13.1 Å². The van der Waals surface area contributed by atoms with Crippen LogP contribution in [-0.4, -0.2) is 48.1 Å². The van der Waals surface area contributed by atoms with Crippen molar-refractivity contribution in [1.29, 1.82) is 0 Å². The first kappa shape index (κ1) is 11.4.